The molecule has 0 radical (unpaired) electrons. The van der Waals surface area contributed by atoms with Crippen molar-refractivity contribution >= 4 is 23.7 Å². The largest absolute Gasteiger partial charge is 0.508 e. The van der Waals surface area contributed by atoms with Gasteiger partial charge >= 0.3 is 5.97 Å². The highest BCUT2D eigenvalue weighted by Gasteiger charge is 2.40. The molecule has 0 fully saturated rings. The average molecular weight is 579 g/mol. The van der Waals surface area contributed by atoms with Crippen LogP contribution in [-0.2, 0) is 25.6 Å². The van der Waals surface area contributed by atoms with Gasteiger partial charge in [-0.15, -0.1) is 0 Å². The minimum Gasteiger partial charge on any atom is -0.508 e. The van der Waals surface area contributed by atoms with Crippen LogP contribution in [0.3, 0.4) is 0 Å². The van der Waals surface area contributed by atoms with Gasteiger partial charge in [-0.05, 0) is 36.0 Å². The normalized spacial score (nSPS) is 15.8. The molecule has 0 saturated carbocycles. The monoisotopic (exact) mass is 578 g/mol. The Hall–Kier alpha value is -3.18. The van der Waals surface area contributed by atoms with Crippen LogP contribution in [0.5, 0.6) is 5.75 Å². The van der Waals surface area contributed by atoms with Crippen LogP contribution in [0, 0.1) is 11.8 Å². The molecule has 3 amide bonds. The predicted octanol–water partition coefficient (Wildman–Crippen LogP) is 2.13. The summed E-state index contributed by atoms with van der Waals surface area (Å²) in [5, 5.41) is 32.6. The second-order valence-electron chi connectivity index (χ2n) is 11.3. The van der Waals surface area contributed by atoms with Crippen LogP contribution in [-0.4, -0.2) is 93.2 Å². The number of unbranched alkanes of at least 4 members (excludes halogenated alkanes) is 2. The van der Waals surface area contributed by atoms with Crippen molar-refractivity contribution in [2.75, 3.05) is 14.1 Å². The van der Waals surface area contributed by atoms with Crippen molar-refractivity contribution in [3.63, 3.8) is 0 Å². The van der Waals surface area contributed by atoms with Gasteiger partial charge in [0.25, 0.3) is 5.91 Å². The Bertz CT molecular complexity index is 1000. The Labute approximate surface area is 244 Å². The first-order valence-electron chi connectivity index (χ1n) is 14.5. The Balaban J connectivity index is 3.18. The number of nitrogens with two attached hydrogens (primary N) is 1. The van der Waals surface area contributed by atoms with Gasteiger partial charge < -0.3 is 36.2 Å². The minimum atomic E-state index is -1.49. The fraction of sp³-hybridized carbons (Fsp3) is 0.667. The number of phenolic OH excluding ortho intramolecular Hbond substituents is 1. The van der Waals surface area contributed by atoms with Crippen LogP contribution in [0.2, 0.25) is 0 Å². The summed E-state index contributed by atoms with van der Waals surface area (Å²) in [6, 6.07) is 2.04. The molecule has 1 aromatic carbocycles. The number of rotatable bonds is 17. The molecule has 0 unspecified atom stereocenters. The molecule has 232 valence electrons. The molecule has 6 N–H and O–H groups in total. The highest BCUT2D eigenvalue weighted by Crippen LogP contribution is 2.21. The lowest BCUT2D eigenvalue weighted by Crippen LogP contribution is -2.60. The number of amides is 3. The second kappa shape index (κ2) is 16.9. The molecule has 0 saturated heterocycles. The van der Waals surface area contributed by atoms with Gasteiger partial charge in [-0.25, -0.2) is 4.79 Å². The van der Waals surface area contributed by atoms with Gasteiger partial charge in [0.15, 0.2) is 0 Å². The summed E-state index contributed by atoms with van der Waals surface area (Å²) in [7, 11) is 2.86. The van der Waals surface area contributed by atoms with E-state index in [9.17, 15) is 34.5 Å². The summed E-state index contributed by atoms with van der Waals surface area (Å²) in [6.45, 7) is 9.20. The summed E-state index contributed by atoms with van der Waals surface area (Å²) in [5.74, 6) is -3.70. The van der Waals surface area contributed by atoms with Crippen molar-refractivity contribution in [3.05, 3.63) is 29.8 Å². The highest BCUT2D eigenvalue weighted by atomic mass is 16.4. The number of aliphatic carboxylic acids is 1. The molecule has 0 heterocycles. The van der Waals surface area contributed by atoms with Crippen LogP contribution in [0.1, 0.15) is 72.3 Å². The summed E-state index contributed by atoms with van der Waals surface area (Å²) in [5.41, 5.74) is 6.64. The van der Waals surface area contributed by atoms with Crippen molar-refractivity contribution in [3.8, 4) is 5.75 Å². The number of carbonyl (C=O) groups is 4. The first kappa shape index (κ1) is 35.8. The standard InChI is InChI=1S/C30H50N4O7/c1-8-10-11-12-22(31)26(36)27(37)32-24(18(3)4)28(38)34(7)25(19(5)9-2)29(39)33(6)23(30(40)41)17-20-13-15-21(35)16-14-20/h13-16,18-19,22-26,35-36H,8-12,17,31H2,1-7H3,(H,32,37)(H,40,41)/t19-,22-,23-,24-,25-,26-/m1/s1. The van der Waals surface area contributed by atoms with Gasteiger partial charge in [0.2, 0.25) is 11.8 Å². The van der Waals surface area contributed by atoms with E-state index in [1.165, 1.54) is 31.1 Å². The Morgan fingerprint density at radius 1 is 0.951 bits per heavy atom. The van der Waals surface area contributed by atoms with Crippen molar-refractivity contribution in [2.45, 2.75) is 103 Å². The molecule has 0 aliphatic heterocycles. The van der Waals surface area contributed by atoms with Crippen molar-refractivity contribution in [1.29, 1.82) is 0 Å². The molecule has 1 rings (SSSR count). The average Bonchev–Trinajstić information content (AvgIpc) is 2.93. The SMILES string of the molecule is CCCCC[C@@H](N)[C@@H](O)C(=O)N[C@@H](C(=O)N(C)[C@@H](C(=O)N(C)[C@H](Cc1ccc(O)cc1)C(=O)O)[C@H](C)CC)C(C)C. The maximum Gasteiger partial charge on any atom is 0.326 e. The molecule has 0 spiro atoms. The van der Waals surface area contributed by atoms with Crippen LogP contribution in [0.25, 0.3) is 0 Å². The smallest absolute Gasteiger partial charge is 0.326 e. The van der Waals surface area contributed by atoms with Gasteiger partial charge in [-0.3, -0.25) is 14.4 Å². The summed E-state index contributed by atoms with van der Waals surface area (Å²) >= 11 is 0. The maximum absolute atomic E-state index is 13.8. The van der Waals surface area contributed by atoms with E-state index in [1.807, 2.05) is 13.8 Å². The van der Waals surface area contributed by atoms with Gasteiger partial charge in [0.1, 0.15) is 30.0 Å². The fourth-order valence-electron chi connectivity index (χ4n) is 4.71. The number of carboxylic acid groups (broad SMARTS) is 1. The number of carbonyl (C=O) groups excluding carboxylic acids is 3. The van der Waals surface area contributed by atoms with E-state index in [1.54, 1.807) is 32.9 Å². The van der Waals surface area contributed by atoms with Crippen LogP contribution in [0.4, 0.5) is 0 Å². The molecule has 41 heavy (non-hydrogen) atoms. The van der Waals surface area contributed by atoms with Gasteiger partial charge in [0.05, 0.1) is 0 Å². The lowest BCUT2D eigenvalue weighted by molar-refractivity contribution is -0.155. The second-order valence-corrected chi connectivity index (χ2v) is 11.3. The number of nitrogens with one attached hydrogen (secondary N) is 1. The predicted molar refractivity (Wildman–Crippen MR) is 157 cm³/mol. The Kier molecular flexibility index (Phi) is 14.8. The molecular weight excluding hydrogens is 528 g/mol. The van der Waals surface area contributed by atoms with E-state index in [-0.39, 0.29) is 24.0 Å². The van der Waals surface area contributed by atoms with E-state index < -0.39 is 54.0 Å². The zero-order chi connectivity index (χ0) is 31.4. The van der Waals surface area contributed by atoms with E-state index in [0.717, 1.165) is 24.2 Å². The number of phenols is 1. The topological polar surface area (TPSA) is 173 Å². The van der Waals surface area contributed by atoms with E-state index >= 15 is 0 Å². The molecule has 1 aromatic rings. The molecular formula is C30H50N4O7. The quantitative estimate of drug-likeness (QED) is 0.175. The number of hydrogen-bond donors (Lipinski definition) is 5. The molecule has 0 aromatic heterocycles. The van der Waals surface area contributed by atoms with Crippen molar-refractivity contribution < 1.29 is 34.5 Å². The maximum atomic E-state index is 13.8. The van der Waals surface area contributed by atoms with Gasteiger partial charge in [-0.1, -0.05) is 72.4 Å². The zero-order valence-electron chi connectivity index (χ0n) is 25.5. The number of aromatic hydroxyl groups is 1. The van der Waals surface area contributed by atoms with Crippen LogP contribution < -0.4 is 11.1 Å². The van der Waals surface area contributed by atoms with Gasteiger partial charge in [0, 0.05) is 26.6 Å². The van der Waals surface area contributed by atoms with E-state index in [0.29, 0.717) is 18.4 Å². The molecule has 0 aliphatic carbocycles. The third kappa shape index (κ3) is 10.3. The third-order valence-corrected chi connectivity index (χ3v) is 7.71. The zero-order valence-corrected chi connectivity index (χ0v) is 25.5. The molecule has 0 aliphatic rings. The Morgan fingerprint density at radius 3 is 2.02 bits per heavy atom. The number of nitrogens with zero attached hydrogens (tertiary/aromatic N) is 2. The summed E-state index contributed by atoms with van der Waals surface area (Å²) < 4.78 is 0. The van der Waals surface area contributed by atoms with Gasteiger partial charge in [-0.2, -0.15) is 0 Å². The number of carboxylic acids is 1. The molecule has 11 nitrogen and oxygen atoms in total. The minimum absolute atomic E-state index is 0.00379. The molecule has 0 bridgehead atoms. The van der Waals surface area contributed by atoms with Crippen LogP contribution >= 0.6 is 0 Å². The van der Waals surface area contributed by atoms with E-state index in [4.69, 9.17) is 5.73 Å². The number of likely N-dealkylation sites (N-methyl/N-ethyl adjacent to an activating group) is 2. The first-order chi connectivity index (χ1) is 19.2. The Morgan fingerprint density at radius 2 is 1.54 bits per heavy atom. The number of aliphatic hydroxyl groups is 1. The number of hydrogen-bond acceptors (Lipinski definition) is 7. The number of aliphatic hydroxyl groups excluding tert-OH is 1. The van der Waals surface area contributed by atoms with Crippen LogP contribution in [0.15, 0.2) is 24.3 Å². The highest BCUT2D eigenvalue weighted by molar-refractivity contribution is 5.94. The first-order valence-corrected chi connectivity index (χ1v) is 14.5. The lowest BCUT2D eigenvalue weighted by Gasteiger charge is -2.38. The van der Waals surface area contributed by atoms with Crippen molar-refractivity contribution in [1.82, 2.24) is 15.1 Å². The third-order valence-electron chi connectivity index (χ3n) is 7.71. The molecule has 11 heteroatoms. The lowest BCUT2D eigenvalue weighted by atomic mass is 9.93. The number of benzene rings is 1. The summed E-state index contributed by atoms with van der Waals surface area (Å²) in [4.78, 5) is 55.0. The summed E-state index contributed by atoms with van der Waals surface area (Å²) in [6.07, 6.45) is 2.19. The fourth-order valence-corrected chi connectivity index (χ4v) is 4.71. The van der Waals surface area contributed by atoms with Crippen molar-refractivity contribution in [2.24, 2.45) is 17.6 Å². The van der Waals surface area contributed by atoms with E-state index in [2.05, 4.69) is 5.32 Å². The molecule has 6 atom stereocenters.